The van der Waals surface area contributed by atoms with E-state index in [9.17, 15) is 9.59 Å². The minimum atomic E-state index is -0.268. The van der Waals surface area contributed by atoms with Crippen molar-refractivity contribution in [1.82, 2.24) is 9.97 Å². The van der Waals surface area contributed by atoms with Crippen LogP contribution in [0.15, 0.2) is 47.3 Å². The van der Waals surface area contributed by atoms with Crippen LogP contribution in [0.3, 0.4) is 0 Å². The third kappa shape index (κ3) is 4.29. The molecule has 0 unspecified atom stereocenters. The van der Waals surface area contributed by atoms with Gasteiger partial charge in [-0.2, -0.15) is 0 Å². The lowest BCUT2D eigenvalue weighted by Gasteiger charge is -2.09. The summed E-state index contributed by atoms with van der Waals surface area (Å²) >= 11 is 0. The van der Waals surface area contributed by atoms with E-state index in [-0.39, 0.29) is 18.0 Å². The highest BCUT2D eigenvalue weighted by atomic mass is 16.5. The van der Waals surface area contributed by atoms with Gasteiger partial charge in [0.2, 0.25) is 5.91 Å². The number of carbonyl (C=O) groups is 1. The van der Waals surface area contributed by atoms with Crippen molar-refractivity contribution >= 4 is 22.6 Å². The fourth-order valence-electron chi connectivity index (χ4n) is 2.54. The minimum absolute atomic E-state index is 0.143. The largest absolute Gasteiger partial charge is 0.493 e. The number of aromatic amines is 2. The van der Waals surface area contributed by atoms with Crippen molar-refractivity contribution in [2.45, 2.75) is 26.2 Å². The number of hydrogen-bond acceptors (Lipinski definition) is 3. The summed E-state index contributed by atoms with van der Waals surface area (Å²) in [6.45, 7) is 4.58. The molecule has 0 aliphatic rings. The molecule has 3 N–H and O–H groups in total. The molecule has 1 heterocycles. The van der Waals surface area contributed by atoms with Gasteiger partial charge in [-0.25, -0.2) is 4.79 Å². The number of nitrogens with one attached hydrogen (secondary N) is 3. The van der Waals surface area contributed by atoms with Gasteiger partial charge in [0, 0.05) is 5.69 Å². The Morgan fingerprint density at radius 2 is 1.80 bits per heavy atom. The molecule has 0 aliphatic heterocycles. The van der Waals surface area contributed by atoms with Crippen LogP contribution in [0.1, 0.15) is 31.7 Å². The SMILES string of the molecule is CC(C)c1ccc(OCCC(=O)Nc2ccc3[nH]c(=O)[nH]c3c2)cc1. The zero-order valence-corrected chi connectivity index (χ0v) is 14.3. The van der Waals surface area contributed by atoms with Crippen LogP contribution in [0.5, 0.6) is 5.75 Å². The van der Waals surface area contributed by atoms with Crippen LogP contribution in [0, 0.1) is 0 Å². The number of amides is 1. The second kappa shape index (κ2) is 7.25. The number of anilines is 1. The fourth-order valence-corrected chi connectivity index (χ4v) is 2.54. The second-order valence-corrected chi connectivity index (χ2v) is 6.21. The molecule has 0 spiro atoms. The van der Waals surface area contributed by atoms with E-state index in [1.807, 2.05) is 24.3 Å². The van der Waals surface area contributed by atoms with Crippen molar-refractivity contribution in [2.75, 3.05) is 11.9 Å². The molecule has 1 amide bonds. The number of carbonyl (C=O) groups excluding carboxylic acids is 1. The smallest absolute Gasteiger partial charge is 0.323 e. The molecule has 0 fully saturated rings. The third-order valence-electron chi connectivity index (χ3n) is 3.94. The Hall–Kier alpha value is -3.02. The van der Waals surface area contributed by atoms with Gasteiger partial charge in [-0.05, 0) is 41.8 Å². The Bertz CT molecular complexity index is 923. The summed E-state index contributed by atoms with van der Waals surface area (Å²) in [4.78, 5) is 28.6. The monoisotopic (exact) mass is 339 g/mol. The molecule has 6 heteroatoms. The Balaban J connectivity index is 1.50. The molecule has 25 heavy (non-hydrogen) atoms. The number of ether oxygens (including phenoxy) is 1. The maximum absolute atomic E-state index is 12.0. The lowest BCUT2D eigenvalue weighted by molar-refractivity contribution is -0.116. The molecule has 0 radical (unpaired) electrons. The van der Waals surface area contributed by atoms with E-state index in [1.165, 1.54) is 5.56 Å². The molecular weight excluding hydrogens is 318 g/mol. The number of H-pyrrole nitrogens is 2. The first-order valence-electron chi connectivity index (χ1n) is 8.26. The fraction of sp³-hybridized carbons (Fsp3) is 0.263. The van der Waals surface area contributed by atoms with E-state index in [1.54, 1.807) is 18.2 Å². The summed E-state index contributed by atoms with van der Waals surface area (Å²) < 4.78 is 5.61. The highest BCUT2D eigenvalue weighted by Crippen LogP contribution is 2.19. The van der Waals surface area contributed by atoms with Crippen molar-refractivity contribution in [3.05, 3.63) is 58.5 Å². The van der Waals surface area contributed by atoms with Gasteiger partial charge in [0.25, 0.3) is 0 Å². The molecule has 3 aromatic rings. The van der Waals surface area contributed by atoms with Gasteiger partial charge in [-0.3, -0.25) is 4.79 Å². The Labute approximate surface area is 145 Å². The second-order valence-electron chi connectivity index (χ2n) is 6.21. The van der Waals surface area contributed by atoms with E-state index in [0.29, 0.717) is 29.2 Å². The predicted octanol–water partition coefficient (Wildman–Crippen LogP) is 3.39. The van der Waals surface area contributed by atoms with Crippen LogP contribution in [0.2, 0.25) is 0 Å². The van der Waals surface area contributed by atoms with Crippen LogP contribution in [-0.2, 0) is 4.79 Å². The molecule has 0 saturated carbocycles. The predicted molar refractivity (Wildman–Crippen MR) is 98.2 cm³/mol. The standard InChI is InChI=1S/C19H21N3O3/c1-12(2)13-3-6-15(7-4-13)25-10-9-18(23)20-14-5-8-16-17(11-14)22-19(24)21-16/h3-8,11-12H,9-10H2,1-2H3,(H,20,23)(H2,21,22,24). The van der Waals surface area contributed by atoms with Crippen molar-refractivity contribution < 1.29 is 9.53 Å². The molecule has 130 valence electrons. The lowest BCUT2D eigenvalue weighted by atomic mass is 10.0. The molecule has 6 nitrogen and oxygen atoms in total. The van der Waals surface area contributed by atoms with Crippen molar-refractivity contribution in [1.29, 1.82) is 0 Å². The molecule has 0 aliphatic carbocycles. The summed E-state index contributed by atoms with van der Waals surface area (Å²) in [7, 11) is 0. The van der Waals surface area contributed by atoms with E-state index in [0.717, 1.165) is 5.75 Å². The highest BCUT2D eigenvalue weighted by molar-refractivity contribution is 5.93. The number of hydrogen-bond donors (Lipinski definition) is 3. The average molecular weight is 339 g/mol. The van der Waals surface area contributed by atoms with E-state index in [2.05, 4.69) is 29.1 Å². The van der Waals surface area contributed by atoms with Crippen molar-refractivity contribution in [3.63, 3.8) is 0 Å². The highest BCUT2D eigenvalue weighted by Gasteiger charge is 2.06. The topological polar surface area (TPSA) is 87.0 Å². The van der Waals surface area contributed by atoms with Crippen LogP contribution < -0.4 is 15.7 Å². The number of fused-ring (bicyclic) bond motifs is 1. The van der Waals surface area contributed by atoms with Crippen LogP contribution in [0.25, 0.3) is 11.0 Å². The molecule has 0 bridgehead atoms. The van der Waals surface area contributed by atoms with Gasteiger partial charge in [0.15, 0.2) is 0 Å². The third-order valence-corrected chi connectivity index (χ3v) is 3.94. The van der Waals surface area contributed by atoms with Gasteiger partial charge in [0.1, 0.15) is 5.75 Å². The summed E-state index contributed by atoms with van der Waals surface area (Å²) in [6.07, 6.45) is 0.244. The van der Waals surface area contributed by atoms with E-state index in [4.69, 9.17) is 4.74 Å². The zero-order chi connectivity index (χ0) is 17.8. The maximum atomic E-state index is 12.0. The average Bonchev–Trinajstić information content (AvgIpc) is 2.94. The normalized spacial score (nSPS) is 11.0. The van der Waals surface area contributed by atoms with Crippen LogP contribution in [0.4, 0.5) is 5.69 Å². The number of imidazole rings is 1. The van der Waals surface area contributed by atoms with Gasteiger partial charge in [-0.1, -0.05) is 26.0 Å². The summed E-state index contributed by atoms with van der Waals surface area (Å²) in [5.41, 5.74) is 2.98. The Kier molecular flexibility index (Phi) is 4.88. The molecule has 0 saturated heterocycles. The first kappa shape index (κ1) is 16.8. The first-order valence-corrected chi connectivity index (χ1v) is 8.26. The quantitative estimate of drug-likeness (QED) is 0.643. The lowest BCUT2D eigenvalue weighted by Crippen LogP contribution is -2.15. The van der Waals surface area contributed by atoms with Gasteiger partial charge in [-0.15, -0.1) is 0 Å². The number of benzene rings is 2. The molecular formula is C19H21N3O3. The van der Waals surface area contributed by atoms with Crippen LogP contribution >= 0.6 is 0 Å². The molecule has 3 rings (SSSR count). The maximum Gasteiger partial charge on any atom is 0.323 e. The van der Waals surface area contributed by atoms with E-state index >= 15 is 0 Å². The number of rotatable bonds is 6. The number of aromatic nitrogens is 2. The van der Waals surface area contributed by atoms with Gasteiger partial charge < -0.3 is 20.0 Å². The molecule has 2 aromatic carbocycles. The first-order chi connectivity index (χ1) is 12.0. The molecule has 1 aromatic heterocycles. The Morgan fingerprint density at radius 1 is 1.08 bits per heavy atom. The Morgan fingerprint density at radius 3 is 2.52 bits per heavy atom. The van der Waals surface area contributed by atoms with Crippen molar-refractivity contribution in [3.8, 4) is 5.75 Å². The van der Waals surface area contributed by atoms with Gasteiger partial charge in [0.05, 0.1) is 24.1 Å². The van der Waals surface area contributed by atoms with Gasteiger partial charge >= 0.3 is 5.69 Å². The van der Waals surface area contributed by atoms with E-state index < -0.39 is 0 Å². The summed E-state index contributed by atoms with van der Waals surface area (Å²) in [5.74, 6) is 1.09. The van der Waals surface area contributed by atoms with Crippen LogP contribution in [-0.4, -0.2) is 22.5 Å². The van der Waals surface area contributed by atoms with Crippen molar-refractivity contribution in [2.24, 2.45) is 0 Å². The summed E-state index contributed by atoms with van der Waals surface area (Å²) in [6, 6.07) is 13.1. The minimum Gasteiger partial charge on any atom is -0.493 e. The molecule has 0 atom stereocenters. The zero-order valence-electron chi connectivity index (χ0n) is 14.3. The summed E-state index contributed by atoms with van der Waals surface area (Å²) in [5, 5.41) is 2.80.